The van der Waals surface area contributed by atoms with Crippen LogP contribution in [-0.2, 0) is 14.4 Å². The Hall–Kier alpha value is -1.89. The number of aliphatic carboxylic acids is 3. The molecule has 3 atom stereocenters. The van der Waals surface area contributed by atoms with Crippen molar-refractivity contribution in [3.05, 3.63) is 12.2 Å². The number of quaternary nitrogens is 1. The number of carbonyl (C=O) groups excluding carboxylic acids is 1. The van der Waals surface area contributed by atoms with Crippen molar-refractivity contribution >= 4 is 17.9 Å². The second-order valence-corrected chi connectivity index (χ2v) is 11.6. The molecule has 0 aliphatic carbocycles. The van der Waals surface area contributed by atoms with Crippen LogP contribution in [0.5, 0.6) is 0 Å². The molecule has 3 unspecified atom stereocenters. The van der Waals surface area contributed by atoms with Gasteiger partial charge in [0.2, 0.25) is 0 Å². The van der Waals surface area contributed by atoms with E-state index in [0.29, 0.717) is 6.54 Å². The van der Waals surface area contributed by atoms with E-state index in [1.54, 1.807) is 20.8 Å². The number of nitrogens with zero attached hydrogens (tertiary/aromatic N) is 1. The molecule has 0 rings (SSSR count). The summed E-state index contributed by atoms with van der Waals surface area (Å²) in [7, 11) is 0. The van der Waals surface area contributed by atoms with Gasteiger partial charge in [0.05, 0.1) is 26.2 Å². The van der Waals surface area contributed by atoms with Crippen LogP contribution < -0.4 is 5.11 Å². The van der Waals surface area contributed by atoms with E-state index in [2.05, 4.69) is 19.1 Å². The quantitative estimate of drug-likeness (QED) is 0.0784. The van der Waals surface area contributed by atoms with E-state index >= 15 is 0 Å². The minimum atomic E-state index is -1.19. The minimum Gasteiger partial charge on any atom is -0.550 e. The summed E-state index contributed by atoms with van der Waals surface area (Å²) in [5.41, 5.74) is 0. The lowest BCUT2D eigenvalue weighted by Gasteiger charge is -2.43. The van der Waals surface area contributed by atoms with Gasteiger partial charge in [0.1, 0.15) is 11.8 Å². The molecule has 2 N–H and O–H groups in total. The molecule has 0 aromatic carbocycles. The topological polar surface area (TPSA) is 115 Å². The summed E-state index contributed by atoms with van der Waals surface area (Å²) in [5, 5.41) is 30.5. The highest BCUT2D eigenvalue weighted by Crippen LogP contribution is 2.22. The third-order valence-corrected chi connectivity index (χ3v) is 7.62. The highest BCUT2D eigenvalue weighted by atomic mass is 16.4. The highest BCUT2D eigenvalue weighted by Gasteiger charge is 2.36. The Morgan fingerprint density at radius 1 is 0.632 bits per heavy atom. The fourth-order valence-corrected chi connectivity index (χ4v) is 5.34. The van der Waals surface area contributed by atoms with E-state index in [9.17, 15) is 29.7 Å². The molecule has 0 amide bonds. The molecule has 0 saturated carbocycles. The van der Waals surface area contributed by atoms with Gasteiger partial charge in [-0.05, 0) is 52.4 Å². The fraction of sp³-hybridized carbons (Fsp3) is 0.839. The van der Waals surface area contributed by atoms with E-state index in [-0.39, 0.29) is 24.1 Å². The Balaban J connectivity index is 4.50. The number of unbranched alkanes of at least 4 members (excludes halogenated alkanes) is 13. The largest absolute Gasteiger partial charge is 0.550 e. The van der Waals surface area contributed by atoms with Gasteiger partial charge in [0.25, 0.3) is 0 Å². The molecule has 0 fully saturated rings. The molecule has 0 bridgehead atoms. The van der Waals surface area contributed by atoms with Crippen molar-refractivity contribution in [2.45, 2.75) is 124 Å². The number of hydrogen-bond donors (Lipinski definition) is 2. The van der Waals surface area contributed by atoms with E-state index < -0.39 is 35.7 Å². The maximum atomic E-state index is 11.6. The van der Waals surface area contributed by atoms with Gasteiger partial charge in [0, 0.05) is 11.9 Å². The van der Waals surface area contributed by atoms with Crippen LogP contribution >= 0.6 is 0 Å². The van der Waals surface area contributed by atoms with Gasteiger partial charge in [-0.15, -0.1) is 0 Å². The van der Waals surface area contributed by atoms with Crippen LogP contribution in [0.25, 0.3) is 0 Å². The third kappa shape index (κ3) is 18.4. The van der Waals surface area contributed by atoms with E-state index in [4.69, 9.17) is 0 Å². The van der Waals surface area contributed by atoms with Crippen LogP contribution in [0.2, 0.25) is 0 Å². The highest BCUT2D eigenvalue weighted by molar-refractivity contribution is 5.70. The average Bonchev–Trinajstić information content (AvgIpc) is 2.85. The van der Waals surface area contributed by atoms with Crippen molar-refractivity contribution in [3.8, 4) is 0 Å². The molecule has 7 nitrogen and oxygen atoms in total. The Morgan fingerprint density at radius 2 is 1.00 bits per heavy atom. The lowest BCUT2D eigenvalue weighted by atomic mass is 10.0. The second-order valence-electron chi connectivity index (χ2n) is 11.6. The number of hydrogen-bond acceptors (Lipinski definition) is 4. The number of carboxylic acid groups (broad SMARTS) is 3. The Bertz CT molecular complexity index is 622. The fourth-order valence-electron chi connectivity index (χ4n) is 5.34. The van der Waals surface area contributed by atoms with Crippen LogP contribution in [-0.4, -0.2) is 58.8 Å². The standard InChI is InChI=1S/C31H57NO6/c1-5-6-7-8-9-10-11-12-13-14-15-16-17-18-19-20-21-22-32(23-26(2)29(33)34,24-27(3)30(35)36)25-28(4)31(37)38/h16-17,26-28H,5-15,18-25H2,1-4H3,(H2-,33,34,35,36,37,38)/b17-16+. The number of allylic oxidation sites excluding steroid dienone is 2. The summed E-state index contributed by atoms with van der Waals surface area (Å²) in [6.45, 7) is 8.17. The maximum Gasteiger partial charge on any atom is 0.311 e. The van der Waals surface area contributed by atoms with Gasteiger partial charge in [-0.2, -0.15) is 0 Å². The SMILES string of the molecule is CCCCCCCCCCCC/C=C/CCCCC[N+](CC(C)C(=O)[O-])(CC(C)C(=O)O)CC(C)C(=O)O. The van der Waals surface area contributed by atoms with Crippen molar-refractivity contribution in [1.29, 1.82) is 0 Å². The van der Waals surface area contributed by atoms with Gasteiger partial charge < -0.3 is 24.6 Å². The normalized spacial score (nSPS) is 15.7. The summed E-state index contributed by atoms with van der Waals surface area (Å²) < 4.78 is 0.171. The first-order valence-corrected chi connectivity index (χ1v) is 15.2. The molecule has 0 aliphatic rings. The molecule has 0 radical (unpaired) electrons. The van der Waals surface area contributed by atoms with Crippen molar-refractivity contribution in [1.82, 2.24) is 0 Å². The molecular weight excluding hydrogens is 482 g/mol. The van der Waals surface area contributed by atoms with Crippen LogP contribution in [0.1, 0.15) is 124 Å². The molecule has 38 heavy (non-hydrogen) atoms. The molecule has 222 valence electrons. The predicted octanol–water partition coefficient (Wildman–Crippen LogP) is 6.06. The van der Waals surface area contributed by atoms with Gasteiger partial charge >= 0.3 is 11.9 Å². The van der Waals surface area contributed by atoms with Crippen molar-refractivity contribution in [3.63, 3.8) is 0 Å². The smallest absolute Gasteiger partial charge is 0.311 e. The molecule has 0 aromatic rings. The summed E-state index contributed by atoms with van der Waals surface area (Å²) in [5.74, 6) is -5.28. The van der Waals surface area contributed by atoms with Crippen LogP contribution in [0, 0.1) is 17.8 Å². The summed E-state index contributed by atoms with van der Waals surface area (Å²) >= 11 is 0. The minimum absolute atomic E-state index is 0.171. The lowest BCUT2D eigenvalue weighted by Crippen LogP contribution is -2.58. The molecule has 0 aliphatic heterocycles. The predicted molar refractivity (Wildman–Crippen MR) is 152 cm³/mol. The van der Waals surface area contributed by atoms with Crippen LogP contribution in [0.4, 0.5) is 0 Å². The van der Waals surface area contributed by atoms with Gasteiger partial charge in [-0.25, -0.2) is 0 Å². The first kappa shape index (κ1) is 36.1. The summed E-state index contributed by atoms with van der Waals surface area (Å²) in [6, 6.07) is 0. The summed E-state index contributed by atoms with van der Waals surface area (Å²) in [4.78, 5) is 34.7. The Kier molecular flexibility index (Phi) is 20.9. The molecule has 0 aromatic heterocycles. The lowest BCUT2D eigenvalue weighted by molar-refractivity contribution is -0.934. The maximum absolute atomic E-state index is 11.6. The number of rotatable bonds is 26. The first-order chi connectivity index (χ1) is 18.0. The van der Waals surface area contributed by atoms with Gasteiger partial charge in [-0.3, -0.25) is 9.59 Å². The van der Waals surface area contributed by atoms with E-state index in [0.717, 1.165) is 32.1 Å². The zero-order valence-corrected chi connectivity index (χ0v) is 24.8. The Labute approximate surface area is 232 Å². The van der Waals surface area contributed by atoms with E-state index in [1.807, 2.05) is 0 Å². The number of carboxylic acids is 3. The second kappa shape index (κ2) is 22.0. The molecule has 0 heterocycles. The van der Waals surface area contributed by atoms with Gasteiger partial charge in [-0.1, -0.05) is 83.8 Å². The zero-order valence-electron chi connectivity index (χ0n) is 24.8. The number of carbonyl (C=O) groups is 3. The van der Waals surface area contributed by atoms with Crippen LogP contribution in [0.3, 0.4) is 0 Å². The third-order valence-electron chi connectivity index (χ3n) is 7.62. The van der Waals surface area contributed by atoms with Crippen molar-refractivity contribution in [2.75, 3.05) is 26.2 Å². The molecule has 0 spiro atoms. The van der Waals surface area contributed by atoms with Crippen molar-refractivity contribution in [2.24, 2.45) is 17.8 Å². The first-order valence-electron chi connectivity index (χ1n) is 15.2. The molecule has 7 heteroatoms. The average molecular weight is 540 g/mol. The van der Waals surface area contributed by atoms with Crippen molar-refractivity contribution < 1.29 is 34.2 Å². The molecule has 0 saturated heterocycles. The molecular formula is C31H57NO6. The van der Waals surface area contributed by atoms with Gasteiger partial charge in [0.15, 0.2) is 0 Å². The van der Waals surface area contributed by atoms with E-state index in [1.165, 1.54) is 64.2 Å². The zero-order chi connectivity index (χ0) is 28.8. The monoisotopic (exact) mass is 539 g/mol. The van der Waals surface area contributed by atoms with Crippen LogP contribution in [0.15, 0.2) is 12.2 Å². The summed E-state index contributed by atoms with van der Waals surface area (Å²) in [6.07, 6.45) is 22.8. The Morgan fingerprint density at radius 3 is 1.39 bits per heavy atom.